The van der Waals surface area contributed by atoms with Crippen LogP contribution in [0.2, 0.25) is 0 Å². The number of rotatable bonds is 1. The highest BCUT2D eigenvalue weighted by Crippen LogP contribution is 2.16. The highest BCUT2D eigenvalue weighted by Gasteiger charge is 2.04. The Morgan fingerprint density at radius 2 is 1.62 bits per heavy atom. The van der Waals surface area contributed by atoms with Crippen molar-refractivity contribution in [2.24, 2.45) is 0 Å². The van der Waals surface area contributed by atoms with E-state index in [1.54, 1.807) is 12.1 Å². The largest absolute Gasteiger partial charge is 0.250 e. The van der Waals surface area contributed by atoms with Crippen LogP contribution in [0.3, 0.4) is 0 Å². The van der Waals surface area contributed by atoms with Crippen molar-refractivity contribution in [3.05, 3.63) is 48.7 Å². The number of benzene rings is 1. The van der Waals surface area contributed by atoms with Gasteiger partial charge in [0.2, 0.25) is 5.95 Å². The van der Waals surface area contributed by atoms with Crippen LogP contribution in [0.15, 0.2) is 42.7 Å². The summed E-state index contributed by atoms with van der Waals surface area (Å²) in [5.41, 5.74) is 1.04. The van der Waals surface area contributed by atoms with Crippen LogP contribution in [0, 0.1) is 5.95 Å². The van der Waals surface area contributed by atoms with Gasteiger partial charge < -0.3 is 0 Å². The summed E-state index contributed by atoms with van der Waals surface area (Å²) in [6.07, 6.45) is 2.81. The van der Waals surface area contributed by atoms with Gasteiger partial charge in [-0.2, -0.15) is 4.39 Å². The van der Waals surface area contributed by atoms with Crippen LogP contribution in [0.1, 0.15) is 0 Å². The van der Waals surface area contributed by atoms with Gasteiger partial charge in [-0.1, -0.05) is 30.3 Å². The summed E-state index contributed by atoms with van der Waals surface area (Å²) in [6, 6.07) is 9.14. The van der Waals surface area contributed by atoms with Crippen molar-refractivity contribution in [1.82, 2.24) is 9.97 Å². The number of halogens is 1. The molecule has 3 heteroatoms. The molecule has 0 amide bonds. The first kappa shape index (κ1) is 7.86. The normalized spacial score (nSPS) is 9.92. The Kier molecular flexibility index (Phi) is 2.00. The topological polar surface area (TPSA) is 25.8 Å². The monoisotopic (exact) mass is 174 g/mol. The molecule has 0 aliphatic rings. The molecule has 1 heterocycles. The smallest absolute Gasteiger partial charge is 0.239 e. The molecule has 0 atom stereocenters. The molecule has 0 aliphatic heterocycles. The first-order valence-electron chi connectivity index (χ1n) is 3.90. The predicted molar refractivity (Wildman–Crippen MR) is 47.4 cm³/mol. The van der Waals surface area contributed by atoms with Crippen molar-refractivity contribution in [2.45, 2.75) is 0 Å². The van der Waals surface area contributed by atoms with E-state index in [2.05, 4.69) is 9.97 Å². The Bertz CT molecular complexity index is 401. The molecule has 0 saturated heterocycles. The lowest BCUT2D eigenvalue weighted by atomic mass is 10.2. The molecule has 0 fully saturated rings. The van der Waals surface area contributed by atoms with E-state index in [0.717, 1.165) is 5.56 Å². The van der Waals surface area contributed by atoms with E-state index in [1.165, 1.54) is 12.4 Å². The quantitative estimate of drug-likeness (QED) is 0.662. The summed E-state index contributed by atoms with van der Waals surface area (Å²) in [5.74, 6) is -0.534. The lowest BCUT2D eigenvalue weighted by Gasteiger charge is -1.99. The minimum atomic E-state index is -0.534. The average Bonchev–Trinajstić information content (AvgIpc) is 2.20. The van der Waals surface area contributed by atoms with Crippen LogP contribution in [-0.2, 0) is 0 Å². The maximum Gasteiger partial charge on any atom is 0.239 e. The fraction of sp³-hybridized carbons (Fsp3) is 0. The molecule has 0 unspecified atom stereocenters. The lowest BCUT2D eigenvalue weighted by molar-refractivity contribution is 0.581. The van der Waals surface area contributed by atoms with E-state index in [9.17, 15) is 4.39 Å². The third-order valence-electron chi connectivity index (χ3n) is 1.70. The molecule has 2 nitrogen and oxygen atoms in total. The molecule has 0 radical (unpaired) electrons. The summed E-state index contributed by atoms with van der Waals surface area (Å²) >= 11 is 0. The SMILES string of the molecule is Fc1nccnc1-c1ccccc1. The molecular formula is C10H7FN2. The predicted octanol–water partition coefficient (Wildman–Crippen LogP) is 2.28. The van der Waals surface area contributed by atoms with Crippen LogP contribution in [-0.4, -0.2) is 9.97 Å². The minimum Gasteiger partial charge on any atom is -0.250 e. The molecule has 13 heavy (non-hydrogen) atoms. The van der Waals surface area contributed by atoms with E-state index in [4.69, 9.17) is 0 Å². The lowest BCUT2D eigenvalue weighted by Crippen LogP contribution is -1.90. The number of nitrogens with zero attached hydrogens (tertiary/aromatic N) is 2. The molecule has 2 rings (SSSR count). The fourth-order valence-electron chi connectivity index (χ4n) is 1.11. The average molecular weight is 174 g/mol. The van der Waals surface area contributed by atoms with Crippen molar-refractivity contribution in [1.29, 1.82) is 0 Å². The van der Waals surface area contributed by atoms with Gasteiger partial charge in [0.25, 0.3) is 0 Å². The second-order valence-electron chi connectivity index (χ2n) is 2.56. The summed E-state index contributed by atoms with van der Waals surface area (Å²) in [6.45, 7) is 0. The van der Waals surface area contributed by atoms with Gasteiger partial charge in [-0.15, -0.1) is 0 Å². The maximum atomic E-state index is 13.1. The Balaban J connectivity index is 2.54. The summed E-state index contributed by atoms with van der Waals surface area (Å²) in [4.78, 5) is 7.44. The van der Waals surface area contributed by atoms with Gasteiger partial charge in [-0.25, -0.2) is 9.97 Å². The Morgan fingerprint density at radius 1 is 0.923 bits per heavy atom. The van der Waals surface area contributed by atoms with Crippen molar-refractivity contribution in [3.63, 3.8) is 0 Å². The zero-order chi connectivity index (χ0) is 9.10. The van der Waals surface area contributed by atoms with E-state index < -0.39 is 5.95 Å². The number of hydrogen-bond acceptors (Lipinski definition) is 2. The Morgan fingerprint density at radius 3 is 2.31 bits per heavy atom. The Hall–Kier alpha value is -1.77. The van der Waals surface area contributed by atoms with Crippen molar-refractivity contribution >= 4 is 0 Å². The molecule has 64 valence electrons. The summed E-state index contributed by atoms with van der Waals surface area (Å²) < 4.78 is 13.1. The molecule has 1 aromatic heterocycles. The van der Waals surface area contributed by atoms with E-state index in [1.807, 2.05) is 18.2 Å². The zero-order valence-electron chi connectivity index (χ0n) is 6.81. The Labute approximate surface area is 75.1 Å². The van der Waals surface area contributed by atoms with Gasteiger partial charge in [0.05, 0.1) is 0 Å². The van der Waals surface area contributed by atoms with Crippen molar-refractivity contribution < 1.29 is 4.39 Å². The van der Waals surface area contributed by atoms with Gasteiger partial charge in [-0.3, -0.25) is 0 Å². The fourth-order valence-corrected chi connectivity index (χ4v) is 1.11. The van der Waals surface area contributed by atoms with Gasteiger partial charge >= 0.3 is 0 Å². The third kappa shape index (κ3) is 1.54. The number of hydrogen-bond donors (Lipinski definition) is 0. The van der Waals surface area contributed by atoms with Gasteiger partial charge in [0.1, 0.15) is 5.69 Å². The van der Waals surface area contributed by atoms with Crippen LogP contribution >= 0.6 is 0 Å². The van der Waals surface area contributed by atoms with E-state index in [-0.39, 0.29) is 0 Å². The second kappa shape index (κ2) is 3.31. The molecule has 0 aliphatic carbocycles. The van der Waals surface area contributed by atoms with Gasteiger partial charge in [-0.05, 0) is 0 Å². The summed E-state index contributed by atoms with van der Waals surface area (Å²) in [7, 11) is 0. The first-order valence-corrected chi connectivity index (χ1v) is 3.90. The molecule has 0 saturated carbocycles. The third-order valence-corrected chi connectivity index (χ3v) is 1.70. The molecule has 0 bridgehead atoms. The van der Waals surface area contributed by atoms with Gasteiger partial charge in [0, 0.05) is 18.0 Å². The molecular weight excluding hydrogens is 167 g/mol. The molecule has 0 spiro atoms. The van der Waals surface area contributed by atoms with Crippen molar-refractivity contribution in [2.75, 3.05) is 0 Å². The number of aromatic nitrogens is 2. The van der Waals surface area contributed by atoms with E-state index >= 15 is 0 Å². The van der Waals surface area contributed by atoms with Crippen LogP contribution in [0.4, 0.5) is 4.39 Å². The molecule has 1 aromatic carbocycles. The minimum absolute atomic E-state index is 0.295. The zero-order valence-corrected chi connectivity index (χ0v) is 6.81. The maximum absolute atomic E-state index is 13.1. The van der Waals surface area contributed by atoms with Crippen molar-refractivity contribution in [3.8, 4) is 11.3 Å². The van der Waals surface area contributed by atoms with Crippen LogP contribution < -0.4 is 0 Å². The summed E-state index contributed by atoms with van der Waals surface area (Å²) in [5, 5.41) is 0. The second-order valence-corrected chi connectivity index (χ2v) is 2.56. The molecule has 0 N–H and O–H groups in total. The van der Waals surface area contributed by atoms with Crippen LogP contribution in [0.25, 0.3) is 11.3 Å². The first-order chi connectivity index (χ1) is 6.38. The molecule has 2 aromatic rings. The van der Waals surface area contributed by atoms with Gasteiger partial charge in [0.15, 0.2) is 0 Å². The van der Waals surface area contributed by atoms with E-state index in [0.29, 0.717) is 5.69 Å². The van der Waals surface area contributed by atoms with Crippen LogP contribution in [0.5, 0.6) is 0 Å². The highest BCUT2D eigenvalue weighted by molar-refractivity contribution is 5.57. The standard InChI is InChI=1S/C10H7FN2/c11-10-9(12-6-7-13-10)8-4-2-1-3-5-8/h1-7H. The highest BCUT2D eigenvalue weighted by atomic mass is 19.1.